The van der Waals surface area contributed by atoms with Crippen LogP contribution in [0.1, 0.15) is 86.1 Å². The van der Waals surface area contributed by atoms with Crippen molar-refractivity contribution >= 4 is 37.9 Å². The summed E-state index contributed by atoms with van der Waals surface area (Å²) in [6, 6.07) is 7.26. The van der Waals surface area contributed by atoms with E-state index in [0.29, 0.717) is 38.4 Å². The summed E-state index contributed by atoms with van der Waals surface area (Å²) in [4.78, 5) is 85.2. The van der Waals surface area contributed by atoms with Gasteiger partial charge in [0.05, 0.1) is 42.7 Å². The topological polar surface area (TPSA) is 170 Å². The highest BCUT2D eigenvalue weighted by molar-refractivity contribution is 6.69. The SMILES string of the molecule is CC[C@@H](C)[C@H]([C@H](CC(=O)N1CCC[C@@H]1[C@H](OC)[C@H](C)C(=O)N[C@H](Cc1ccccc1)C(=O)NCCC[Si](C)(C)O)OC)N(C)C(=O)[C@H](NC(=O)[C@@H](C(C)C)N(C)C)C(C)C. The van der Waals surface area contributed by atoms with Crippen LogP contribution in [-0.4, -0.2) is 148 Å². The van der Waals surface area contributed by atoms with Gasteiger partial charge in [-0.25, -0.2) is 0 Å². The predicted octanol–water partition coefficient (Wildman–Crippen LogP) is 4.06. The summed E-state index contributed by atoms with van der Waals surface area (Å²) < 4.78 is 12.1. The Bertz CT molecular complexity index is 1500. The maximum atomic E-state index is 14.4. The standard InChI is InChI=1S/C45H80N6O8Si/c1-15-31(6)40(50(10)45(56)38(29(2)3)48-44(55)39(30(4)5)49(8)9)36(58-11)28-37(52)51-25-19-23-35(51)41(59-12)32(7)42(53)47-34(27-33-21-17-16-18-22-33)43(54)46-24-20-26-60(13,14)57/h16-18,21-22,29-32,34-36,38-41,57H,15,19-20,23-28H2,1-14H3,(H,46,54)(H,47,53)(H,48,55)/t31-,32+,34-,35-,36+,38-,39-,40-,41-/m1/s1. The molecule has 0 radical (unpaired) electrons. The average molecular weight is 861 g/mol. The fourth-order valence-corrected chi connectivity index (χ4v) is 9.67. The van der Waals surface area contributed by atoms with Crippen LogP contribution in [0.3, 0.4) is 0 Å². The fourth-order valence-electron chi connectivity index (χ4n) is 8.63. The Kier molecular flexibility index (Phi) is 21.9. The van der Waals surface area contributed by atoms with Gasteiger partial charge >= 0.3 is 0 Å². The largest absolute Gasteiger partial charge is 0.432 e. The number of ether oxygens (including phenoxy) is 2. The molecule has 0 unspecified atom stereocenters. The van der Waals surface area contributed by atoms with Gasteiger partial charge in [-0.05, 0) is 75.8 Å². The zero-order valence-corrected chi connectivity index (χ0v) is 40.2. The third-order valence-corrected chi connectivity index (χ3v) is 13.7. The minimum Gasteiger partial charge on any atom is -0.432 e. The maximum absolute atomic E-state index is 14.4. The van der Waals surface area contributed by atoms with Crippen LogP contribution in [0, 0.1) is 23.7 Å². The number of hydrogen-bond acceptors (Lipinski definition) is 9. The zero-order chi connectivity index (χ0) is 45.5. The summed E-state index contributed by atoms with van der Waals surface area (Å²) in [5.74, 6) is -2.18. The lowest BCUT2D eigenvalue weighted by atomic mass is 9.89. The number of benzene rings is 1. The van der Waals surface area contributed by atoms with E-state index < -0.39 is 56.7 Å². The van der Waals surface area contributed by atoms with E-state index in [2.05, 4.69) is 16.0 Å². The molecule has 15 heteroatoms. The lowest BCUT2D eigenvalue weighted by Crippen LogP contribution is -2.59. The van der Waals surface area contributed by atoms with E-state index >= 15 is 0 Å². The fraction of sp³-hybridized carbons (Fsp3) is 0.756. The first-order valence-electron chi connectivity index (χ1n) is 22.0. The summed E-state index contributed by atoms with van der Waals surface area (Å²) in [6.07, 6.45) is 1.71. The molecule has 0 spiro atoms. The van der Waals surface area contributed by atoms with Gasteiger partial charge in [-0.3, -0.25) is 28.9 Å². The Labute approximate surface area is 362 Å². The lowest BCUT2D eigenvalue weighted by molar-refractivity contribution is -0.148. The van der Waals surface area contributed by atoms with E-state index in [4.69, 9.17) is 9.47 Å². The first kappa shape index (κ1) is 52.8. The van der Waals surface area contributed by atoms with Crippen molar-refractivity contribution in [2.75, 3.05) is 48.5 Å². The van der Waals surface area contributed by atoms with E-state index in [1.165, 1.54) is 0 Å². The molecule has 14 nitrogen and oxygen atoms in total. The molecule has 342 valence electrons. The highest BCUT2D eigenvalue weighted by atomic mass is 28.4. The Morgan fingerprint density at radius 2 is 1.53 bits per heavy atom. The van der Waals surface area contributed by atoms with E-state index in [1.807, 2.05) is 104 Å². The van der Waals surface area contributed by atoms with Gasteiger partial charge in [0.1, 0.15) is 12.1 Å². The van der Waals surface area contributed by atoms with Gasteiger partial charge in [-0.1, -0.05) is 85.2 Å². The molecule has 0 aromatic heterocycles. The molecule has 60 heavy (non-hydrogen) atoms. The van der Waals surface area contributed by atoms with Crippen molar-refractivity contribution in [2.24, 2.45) is 23.7 Å². The highest BCUT2D eigenvalue weighted by Crippen LogP contribution is 2.30. The molecule has 1 fully saturated rings. The molecule has 2 rings (SSSR count). The van der Waals surface area contributed by atoms with Crippen molar-refractivity contribution < 1.29 is 38.2 Å². The Morgan fingerprint density at radius 3 is 2.05 bits per heavy atom. The molecule has 0 bridgehead atoms. The summed E-state index contributed by atoms with van der Waals surface area (Å²) in [5, 5.41) is 8.98. The van der Waals surface area contributed by atoms with Gasteiger partial charge in [0.2, 0.25) is 29.5 Å². The molecule has 4 N–H and O–H groups in total. The third kappa shape index (κ3) is 15.5. The molecule has 1 saturated heterocycles. The van der Waals surface area contributed by atoms with Crippen molar-refractivity contribution in [3.63, 3.8) is 0 Å². The number of rotatable bonds is 25. The number of likely N-dealkylation sites (tertiary alicyclic amines) is 1. The summed E-state index contributed by atoms with van der Waals surface area (Å²) in [7, 11) is 6.27. The number of carbonyl (C=O) groups excluding carboxylic acids is 5. The monoisotopic (exact) mass is 861 g/mol. The van der Waals surface area contributed by atoms with Gasteiger partial charge in [-0.2, -0.15) is 0 Å². The Hall–Kier alpha value is -3.37. The van der Waals surface area contributed by atoms with Gasteiger partial charge in [0, 0.05) is 40.8 Å². The van der Waals surface area contributed by atoms with Gasteiger partial charge in [0.25, 0.3) is 0 Å². The van der Waals surface area contributed by atoms with Crippen molar-refractivity contribution in [1.82, 2.24) is 30.7 Å². The number of likely N-dealkylation sites (N-methyl/N-ethyl adjacent to an activating group) is 2. The number of amides is 5. The minimum absolute atomic E-state index is 0.000664. The van der Waals surface area contributed by atoms with Crippen LogP contribution in [0.2, 0.25) is 19.1 Å². The quantitative estimate of drug-likeness (QED) is 0.0837. The van der Waals surface area contributed by atoms with Crippen molar-refractivity contribution in [1.29, 1.82) is 0 Å². The van der Waals surface area contributed by atoms with E-state index in [1.54, 1.807) is 38.0 Å². The number of methoxy groups -OCH3 is 2. The van der Waals surface area contributed by atoms with Crippen LogP contribution in [-0.2, 0) is 39.9 Å². The van der Waals surface area contributed by atoms with E-state index in [-0.39, 0.29) is 53.7 Å². The van der Waals surface area contributed by atoms with Crippen molar-refractivity contribution in [3.8, 4) is 0 Å². The summed E-state index contributed by atoms with van der Waals surface area (Å²) >= 11 is 0. The lowest BCUT2D eigenvalue weighted by Gasteiger charge is -2.41. The van der Waals surface area contributed by atoms with Gasteiger partial charge in [0.15, 0.2) is 8.32 Å². The number of nitrogens with zero attached hydrogens (tertiary/aromatic N) is 3. The number of hydrogen-bond donors (Lipinski definition) is 4. The molecule has 1 aliphatic rings. The Balaban J connectivity index is 2.29. The molecule has 1 aliphatic heterocycles. The molecule has 1 aromatic carbocycles. The normalized spacial score (nSPS) is 18.6. The van der Waals surface area contributed by atoms with Crippen LogP contribution in [0.5, 0.6) is 0 Å². The zero-order valence-electron chi connectivity index (χ0n) is 39.2. The Morgan fingerprint density at radius 1 is 0.900 bits per heavy atom. The van der Waals surface area contributed by atoms with E-state index in [0.717, 1.165) is 18.4 Å². The molecular formula is C45H80N6O8Si. The van der Waals surface area contributed by atoms with Crippen LogP contribution in [0.15, 0.2) is 30.3 Å². The van der Waals surface area contributed by atoms with Crippen LogP contribution in [0.25, 0.3) is 0 Å². The van der Waals surface area contributed by atoms with Crippen molar-refractivity contribution in [3.05, 3.63) is 35.9 Å². The number of nitrogens with one attached hydrogen (secondary N) is 3. The second-order valence-corrected chi connectivity index (χ2v) is 22.6. The summed E-state index contributed by atoms with van der Waals surface area (Å²) in [6.45, 7) is 18.2. The molecule has 1 heterocycles. The maximum Gasteiger partial charge on any atom is 0.245 e. The molecule has 1 aromatic rings. The second-order valence-electron chi connectivity index (χ2n) is 18.4. The first-order chi connectivity index (χ1) is 28.1. The molecular weight excluding hydrogens is 781 g/mol. The highest BCUT2D eigenvalue weighted by Gasteiger charge is 2.43. The van der Waals surface area contributed by atoms with E-state index in [9.17, 15) is 28.8 Å². The summed E-state index contributed by atoms with van der Waals surface area (Å²) in [5.41, 5.74) is 0.898. The van der Waals surface area contributed by atoms with Crippen LogP contribution >= 0.6 is 0 Å². The van der Waals surface area contributed by atoms with Crippen molar-refractivity contribution in [2.45, 2.75) is 149 Å². The predicted molar refractivity (Wildman–Crippen MR) is 239 cm³/mol. The third-order valence-electron chi connectivity index (χ3n) is 12.1. The van der Waals surface area contributed by atoms with Crippen LogP contribution in [0.4, 0.5) is 0 Å². The molecule has 9 atom stereocenters. The first-order valence-corrected chi connectivity index (χ1v) is 25.2. The van der Waals surface area contributed by atoms with Gasteiger partial charge in [-0.15, -0.1) is 0 Å². The molecule has 5 amide bonds. The smallest absolute Gasteiger partial charge is 0.245 e. The van der Waals surface area contributed by atoms with Gasteiger partial charge < -0.3 is 40.0 Å². The molecule has 0 saturated carbocycles. The second kappa shape index (κ2) is 24.9. The average Bonchev–Trinajstić information content (AvgIpc) is 3.67. The number of carbonyl (C=O) groups is 5. The molecule has 0 aliphatic carbocycles. The minimum atomic E-state index is -2.26. The van der Waals surface area contributed by atoms with Crippen LogP contribution < -0.4 is 16.0 Å².